The van der Waals surface area contributed by atoms with Gasteiger partial charge >= 0.3 is 35.8 Å². The van der Waals surface area contributed by atoms with Crippen molar-refractivity contribution >= 4 is 53.7 Å². The molecule has 0 N–H and O–H groups in total. The van der Waals surface area contributed by atoms with Crippen molar-refractivity contribution in [2.75, 3.05) is 32.3 Å². The number of ether oxygens (including phenoxy) is 8. The lowest BCUT2D eigenvalue weighted by Crippen LogP contribution is -2.30. The van der Waals surface area contributed by atoms with Crippen LogP contribution >= 0.6 is 11.6 Å². The lowest BCUT2D eigenvalue weighted by Gasteiger charge is -2.27. The summed E-state index contributed by atoms with van der Waals surface area (Å²) in [6, 6.07) is 17.8. The monoisotopic (exact) mass is 974 g/mol. The minimum atomic E-state index is -0.688. The van der Waals surface area contributed by atoms with Gasteiger partial charge in [-0.3, -0.25) is 19.2 Å². The molecule has 0 amide bonds. The molecule has 69 heavy (non-hydrogen) atoms. The first kappa shape index (κ1) is 53.7. The zero-order chi connectivity index (χ0) is 49.2. The maximum Gasteiger partial charge on any atom is 0.339 e. The summed E-state index contributed by atoms with van der Waals surface area (Å²) in [5, 5.41) is 0. The van der Waals surface area contributed by atoms with Crippen LogP contribution in [0, 0.1) is 11.8 Å². The van der Waals surface area contributed by atoms with Crippen LogP contribution in [0.15, 0.2) is 79.4 Å². The van der Waals surface area contributed by atoms with Crippen molar-refractivity contribution < 1.29 is 71.5 Å². The Morgan fingerprint density at radius 3 is 1.54 bits per heavy atom. The first-order valence-electron chi connectivity index (χ1n) is 24.0. The summed E-state index contributed by atoms with van der Waals surface area (Å²) in [5.74, 6) is -1.40. The Labute approximate surface area is 408 Å². The van der Waals surface area contributed by atoms with E-state index in [0.29, 0.717) is 107 Å². The first-order valence-corrected chi connectivity index (χ1v) is 24.5. The van der Waals surface area contributed by atoms with Gasteiger partial charge in [0.1, 0.15) is 35.2 Å². The van der Waals surface area contributed by atoms with Crippen LogP contribution in [0.5, 0.6) is 23.0 Å². The maximum atomic E-state index is 13.2. The molecule has 0 saturated heterocycles. The second-order valence-electron chi connectivity index (χ2n) is 17.0. The van der Waals surface area contributed by atoms with Crippen molar-refractivity contribution in [1.82, 2.24) is 0 Å². The molecule has 3 aromatic carbocycles. The molecule has 2 fully saturated rings. The van der Waals surface area contributed by atoms with Gasteiger partial charge in [-0.25, -0.2) is 14.4 Å². The molecule has 16 heteroatoms. The van der Waals surface area contributed by atoms with E-state index in [2.05, 4.69) is 6.58 Å². The Morgan fingerprint density at radius 2 is 1.01 bits per heavy atom. The summed E-state index contributed by atoms with van der Waals surface area (Å²) in [6.45, 7) is 5.18. The largest absolute Gasteiger partial charge is 0.494 e. The van der Waals surface area contributed by atoms with E-state index in [1.807, 2.05) is 0 Å². The van der Waals surface area contributed by atoms with Crippen molar-refractivity contribution in [2.45, 2.75) is 121 Å². The molecule has 2 saturated carbocycles. The predicted octanol–water partition coefficient (Wildman–Crippen LogP) is 9.92. The minimum Gasteiger partial charge on any atom is -0.494 e. The molecule has 0 radical (unpaired) electrons. The van der Waals surface area contributed by atoms with E-state index < -0.39 is 35.9 Å². The molecule has 0 aliphatic heterocycles. The van der Waals surface area contributed by atoms with Crippen LogP contribution in [-0.4, -0.2) is 86.6 Å². The zero-order valence-electron chi connectivity index (χ0n) is 39.1. The second kappa shape index (κ2) is 29.6. The Balaban J connectivity index is 0.942. The van der Waals surface area contributed by atoms with Crippen molar-refractivity contribution in [3.8, 4) is 23.0 Å². The number of benzene rings is 3. The van der Waals surface area contributed by atoms with Crippen LogP contribution in [0.3, 0.4) is 0 Å². The Morgan fingerprint density at radius 1 is 0.551 bits per heavy atom. The topological polar surface area (TPSA) is 193 Å². The molecular formula is C53H63ClO15. The summed E-state index contributed by atoms with van der Waals surface area (Å²) in [5.41, 5.74) is 0.447. The summed E-state index contributed by atoms with van der Waals surface area (Å²) in [7, 11) is 0. The number of carbonyl (C=O) groups excluding carboxylic acids is 7. The average molecular weight is 976 g/mol. The van der Waals surface area contributed by atoms with E-state index in [1.54, 1.807) is 48.5 Å². The Bertz CT molecular complexity index is 2140. The van der Waals surface area contributed by atoms with Crippen molar-refractivity contribution in [1.29, 1.82) is 0 Å². The number of carbonyl (C=O) groups is 7. The van der Waals surface area contributed by atoms with Crippen LogP contribution < -0.4 is 18.9 Å². The van der Waals surface area contributed by atoms with Gasteiger partial charge in [-0.15, -0.1) is 11.6 Å². The number of halogens is 1. The lowest BCUT2D eigenvalue weighted by atomic mass is 9.87. The molecule has 0 atom stereocenters. The van der Waals surface area contributed by atoms with Crippen LogP contribution in [-0.2, 0) is 38.1 Å². The minimum absolute atomic E-state index is 0.0157. The van der Waals surface area contributed by atoms with Crippen LogP contribution in [0.2, 0.25) is 0 Å². The molecule has 5 rings (SSSR count). The Kier molecular flexibility index (Phi) is 23.1. The highest BCUT2D eigenvalue weighted by Crippen LogP contribution is 2.32. The SMILES string of the molecule is C=CC(=O)OCCCCCCOc1ccc(OC(=O)C2CCC(OC(=O)c3ccc(OC(=O)C4CCC(OC(=O)c5ccc(OCCCCCCOC(=O)CCCl)cc5)CC4)cc3C=O)CC2)cc1. The van der Waals surface area contributed by atoms with Crippen LogP contribution in [0.25, 0.3) is 0 Å². The number of hydrogen-bond acceptors (Lipinski definition) is 15. The van der Waals surface area contributed by atoms with Crippen molar-refractivity contribution in [2.24, 2.45) is 11.8 Å². The molecule has 15 nitrogen and oxygen atoms in total. The van der Waals surface area contributed by atoms with Gasteiger partial charge in [-0.2, -0.15) is 0 Å². The standard InChI is InChI=1S/C53H63ClO15/c1-2-48(56)64-33-9-5-3-8-32-63-42-23-25-45(26-24-42)67-51(59)38-15-21-44(22-16-38)68-53(61)47-28-27-46(35-40(47)36-55)69-52(60)39-13-19-43(20-14-39)66-50(58)37-11-17-41(18-12-37)62-31-7-4-6-10-34-65-49(57)29-30-54/h2,11-12,17-18,23-28,35-36,38-39,43-44H,1,3-10,13-16,19-22,29-34H2. The molecule has 2 aliphatic carbocycles. The van der Waals surface area contributed by atoms with Gasteiger partial charge < -0.3 is 37.9 Å². The van der Waals surface area contributed by atoms with E-state index in [-0.39, 0.29) is 53.1 Å². The number of rotatable bonds is 28. The van der Waals surface area contributed by atoms with Crippen LogP contribution in [0.4, 0.5) is 0 Å². The highest BCUT2D eigenvalue weighted by atomic mass is 35.5. The van der Waals surface area contributed by atoms with Gasteiger partial charge in [0.2, 0.25) is 0 Å². The molecule has 0 unspecified atom stereocenters. The maximum absolute atomic E-state index is 13.2. The lowest BCUT2D eigenvalue weighted by molar-refractivity contribution is -0.143. The van der Waals surface area contributed by atoms with Gasteiger partial charge in [0.15, 0.2) is 6.29 Å². The summed E-state index contributed by atoms with van der Waals surface area (Å²) < 4.78 is 44.3. The van der Waals surface area contributed by atoms with Crippen molar-refractivity contribution in [3.05, 3.63) is 96.1 Å². The van der Waals surface area contributed by atoms with E-state index >= 15 is 0 Å². The van der Waals surface area contributed by atoms with E-state index in [4.69, 9.17) is 49.5 Å². The van der Waals surface area contributed by atoms with E-state index in [9.17, 15) is 33.6 Å². The van der Waals surface area contributed by atoms with Crippen LogP contribution in [0.1, 0.15) is 140 Å². The smallest absolute Gasteiger partial charge is 0.339 e. The van der Waals surface area contributed by atoms with Gasteiger partial charge in [0.05, 0.1) is 55.8 Å². The third kappa shape index (κ3) is 19.0. The summed E-state index contributed by atoms with van der Waals surface area (Å²) in [6.07, 6.45) is 11.6. The molecular weight excluding hydrogens is 912 g/mol. The highest BCUT2D eigenvalue weighted by Gasteiger charge is 2.32. The summed E-state index contributed by atoms with van der Waals surface area (Å²) in [4.78, 5) is 86.6. The summed E-state index contributed by atoms with van der Waals surface area (Å²) >= 11 is 5.52. The fourth-order valence-corrected chi connectivity index (χ4v) is 8.06. The van der Waals surface area contributed by atoms with Gasteiger partial charge in [-0.1, -0.05) is 6.58 Å². The van der Waals surface area contributed by atoms with Gasteiger partial charge in [-0.05, 0) is 169 Å². The molecule has 0 aromatic heterocycles. The second-order valence-corrected chi connectivity index (χ2v) is 17.4. The molecule has 372 valence electrons. The fraction of sp³-hybridized carbons (Fsp3) is 0.491. The van der Waals surface area contributed by atoms with Gasteiger partial charge in [0.25, 0.3) is 0 Å². The zero-order valence-corrected chi connectivity index (χ0v) is 39.8. The molecule has 0 bridgehead atoms. The Hall–Kier alpha value is -6.22. The van der Waals surface area contributed by atoms with E-state index in [1.165, 1.54) is 18.2 Å². The number of esters is 6. The molecule has 2 aliphatic rings. The molecule has 3 aromatic rings. The number of unbranched alkanes of at least 4 members (excludes halogenated alkanes) is 6. The van der Waals surface area contributed by atoms with E-state index in [0.717, 1.165) is 57.4 Å². The van der Waals surface area contributed by atoms with Gasteiger partial charge in [0, 0.05) is 17.5 Å². The number of hydrogen-bond donors (Lipinski definition) is 0. The highest BCUT2D eigenvalue weighted by molar-refractivity contribution is 6.18. The quantitative estimate of drug-likeness (QED) is 0.0127. The normalized spacial score (nSPS) is 17.6. The number of alkyl halides is 1. The third-order valence-corrected chi connectivity index (χ3v) is 12.1. The third-order valence-electron chi connectivity index (χ3n) is 11.9. The molecule has 0 spiro atoms. The average Bonchev–Trinajstić information content (AvgIpc) is 3.36. The first-order chi connectivity index (χ1) is 33.5. The van der Waals surface area contributed by atoms with Crippen molar-refractivity contribution in [3.63, 3.8) is 0 Å². The predicted molar refractivity (Wildman–Crippen MR) is 254 cm³/mol. The molecule has 0 heterocycles. The fourth-order valence-electron chi connectivity index (χ4n) is 7.91. The number of aldehydes is 1.